The van der Waals surface area contributed by atoms with Crippen LogP contribution in [-0.4, -0.2) is 10.1 Å². The van der Waals surface area contributed by atoms with Crippen molar-refractivity contribution in [3.63, 3.8) is 0 Å². The minimum atomic E-state index is 0.0874. The number of aromatic nitrogens is 1. The van der Waals surface area contributed by atoms with Gasteiger partial charge in [-0.05, 0) is 36.2 Å². The van der Waals surface area contributed by atoms with E-state index < -0.39 is 0 Å². The predicted molar refractivity (Wildman–Crippen MR) is 74.4 cm³/mol. The van der Waals surface area contributed by atoms with Gasteiger partial charge >= 0.3 is 0 Å². The monoisotopic (exact) mass is 282 g/mol. The Labute approximate surface area is 115 Å². The summed E-state index contributed by atoms with van der Waals surface area (Å²) in [6, 6.07) is 7.03. The summed E-state index contributed by atoms with van der Waals surface area (Å²) in [6.45, 7) is 2.50. The lowest BCUT2D eigenvalue weighted by molar-refractivity contribution is 0.475. The fourth-order valence-corrected chi connectivity index (χ4v) is 1.83. The highest BCUT2D eigenvalue weighted by Crippen LogP contribution is 2.24. The maximum absolute atomic E-state index is 9.32. The van der Waals surface area contributed by atoms with E-state index in [1.54, 1.807) is 18.3 Å². The highest BCUT2D eigenvalue weighted by atomic mass is 35.5. The van der Waals surface area contributed by atoms with Gasteiger partial charge in [-0.15, -0.1) is 0 Å². The summed E-state index contributed by atoms with van der Waals surface area (Å²) in [6.07, 6.45) is 1.68. The summed E-state index contributed by atoms with van der Waals surface area (Å²) in [5, 5.41) is 13.4. The first-order valence-corrected chi connectivity index (χ1v) is 6.15. The molecule has 2 N–H and O–H groups in total. The Bertz CT molecular complexity index is 521. The second-order valence-electron chi connectivity index (χ2n) is 3.97. The third-order valence-corrected chi connectivity index (χ3v) is 3.22. The van der Waals surface area contributed by atoms with Crippen LogP contribution in [0.1, 0.15) is 11.1 Å². The minimum Gasteiger partial charge on any atom is -0.506 e. The zero-order chi connectivity index (χ0) is 13.1. The van der Waals surface area contributed by atoms with Crippen molar-refractivity contribution in [3.8, 4) is 5.75 Å². The van der Waals surface area contributed by atoms with Gasteiger partial charge in [-0.2, -0.15) is 0 Å². The van der Waals surface area contributed by atoms with Crippen LogP contribution in [0.4, 0.5) is 5.69 Å². The van der Waals surface area contributed by atoms with E-state index in [-0.39, 0.29) is 5.75 Å². The lowest BCUT2D eigenvalue weighted by Crippen LogP contribution is -2.00. The first kappa shape index (κ1) is 13.0. The van der Waals surface area contributed by atoms with Crippen LogP contribution in [0.5, 0.6) is 5.75 Å². The molecule has 1 aromatic carbocycles. The van der Waals surface area contributed by atoms with Gasteiger partial charge in [-0.1, -0.05) is 29.3 Å². The number of aromatic hydroxyl groups is 1. The molecule has 1 aromatic heterocycles. The van der Waals surface area contributed by atoms with Crippen LogP contribution in [-0.2, 0) is 6.54 Å². The summed E-state index contributed by atoms with van der Waals surface area (Å²) in [5.74, 6) is 0.0874. The van der Waals surface area contributed by atoms with Crippen molar-refractivity contribution in [2.45, 2.75) is 13.5 Å². The number of aryl methyl sites for hydroxylation is 1. The molecular formula is C13H12Cl2N2O. The summed E-state index contributed by atoms with van der Waals surface area (Å²) in [7, 11) is 0. The number of anilines is 1. The molecule has 0 aliphatic heterocycles. The standard InChI is InChI=1S/C13H12Cl2N2O/c1-8-4-10(7-17-13(8)15)16-6-9-2-3-12(18)11(14)5-9/h2-5,7,16,18H,6H2,1H3. The number of nitrogens with one attached hydrogen (secondary N) is 1. The van der Waals surface area contributed by atoms with Gasteiger partial charge in [0.1, 0.15) is 10.9 Å². The minimum absolute atomic E-state index is 0.0874. The van der Waals surface area contributed by atoms with E-state index in [2.05, 4.69) is 10.3 Å². The Hall–Kier alpha value is -1.45. The molecule has 0 saturated heterocycles. The van der Waals surface area contributed by atoms with Crippen LogP contribution >= 0.6 is 23.2 Å². The molecule has 0 radical (unpaired) electrons. The molecule has 2 aromatic rings. The largest absolute Gasteiger partial charge is 0.506 e. The maximum atomic E-state index is 9.32. The highest BCUT2D eigenvalue weighted by molar-refractivity contribution is 6.32. The molecule has 0 aliphatic rings. The van der Waals surface area contributed by atoms with Crippen LogP contribution in [0.25, 0.3) is 0 Å². The van der Waals surface area contributed by atoms with Gasteiger partial charge in [0.15, 0.2) is 0 Å². The molecule has 0 saturated carbocycles. The van der Waals surface area contributed by atoms with Gasteiger partial charge in [0.2, 0.25) is 0 Å². The van der Waals surface area contributed by atoms with Crippen molar-refractivity contribution in [1.82, 2.24) is 4.98 Å². The van der Waals surface area contributed by atoms with E-state index >= 15 is 0 Å². The van der Waals surface area contributed by atoms with Gasteiger partial charge in [0.25, 0.3) is 0 Å². The fraction of sp³-hybridized carbons (Fsp3) is 0.154. The highest BCUT2D eigenvalue weighted by Gasteiger charge is 2.02. The molecule has 0 amide bonds. The molecule has 0 spiro atoms. The second kappa shape index (κ2) is 5.46. The van der Waals surface area contributed by atoms with Crippen molar-refractivity contribution >= 4 is 28.9 Å². The van der Waals surface area contributed by atoms with Gasteiger partial charge in [-0.25, -0.2) is 4.98 Å². The van der Waals surface area contributed by atoms with Crippen molar-refractivity contribution in [2.24, 2.45) is 0 Å². The summed E-state index contributed by atoms with van der Waals surface area (Å²) in [5.41, 5.74) is 2.79. The van der Waals surface area contributed by atoms with Gasteiger partial charge < -0.3 is 10.4 Å². The lowest BCUT2D eigenvalue weighted by Gasteiger charge is -2.08. The Morgan fingerprint density at radius 3 is 2.72 bits per heavy atom. The predicted octanol–water partition coefficient (Wildman–Crippen LogP) is 4.01. The lowest BCUT2D eigenvalue weighted by atomic mass is 10.2. The molecule has 0 unspecified atom stereocenters. The zero-order valence-electron chi connectivity index (χ0n) is 9.74. The number of halogens is 2. The Balaban J connectivity index is 2.06. The van der Waals surface area contributed by atoms with E-state index in [0.29, 0.717) is 16.7 Å². The van der Waals surface area contributed by atoms with Crippen LogP contribution < -0.4 is 5.32 Å². The first-order valence-electron chi connectivity index (χ1n) is 5.39. The van der Waals surface area contributed by atoms with Crippen LogP contribution in [0.3, 0.4) is 0 Å². The Morgan fingerprint density at radius 2 is 2.06 bits per heavy atom. The fourth-order valence-electron chi connectivity index (χ4n) is 1.52. The average Bonchev–Trinajstić information content (AvgIpc) is 2.35. The molecule has 94 valence electrons. The van der Waals surface area contributed by atoms with E-state index in [0.717, 1.165) is 16.8 Å². The van der Waals surface area contributed by atoms with Crippen LogP contribution in [0, 0.1) is 6.92 Å². The number of nitrogens with zero attached hydrogens (tertiary/aromatic N) is 1. The molecule has 18 heavy (non-hydrogen) atoms. The molecule has 3 nitrogen and oxygen atoms in total. The van der Waals surface area contributed by atoms with E-state index in [4.69, 9.17) is 23.2 Å². The number of benzene rings is 1. The SMILES string of the molecule is Cc1cc(NCc2ccc(O)c(Cl)c2)cnc1Cl. The van der Waals surface area contributed by atoms with E-state index in [1.807, 2.05) is 19.1 Å². The molecule has 2 rings (SSSR count). The summed E-state index contributed by atoms with van der Waals surface area (Å²) >= 11 is 11.7. The maximum Gasteiger partial charge on any atom is 0.134 e. The Kier molecular flexibility index (Phi) is 3.94. The molecule has 0 aliphatic carbocycles. The molecule has 0 atom stereocenters. The van der Waals surface area contributed by atoms with Crippen molar-refractivity contribution in [1.29, 1.82) is 0 Å². The molecule has 5 heteroatoms. The van der Waals surface area contributed by atoms with Gasteiger partial charge in [-0.3, -0.25) is 0 Å². The molecular weight excluding hydrogens is 271 g/mol. The van der Waals surface area contributed by atoms with Crippen LogP contribution in [0.15, 0.2) is 30.5 Å². The number of phenolic OH excluding ortho intramolecular Hbond substituents is 1. The van der Waals surface area contributed by atoms with Crippen molar-refractivity contribution in [3.05, 3.63) is 51.8 Å². The third kappa shape index (κ3) is 3.06. The van der Waals surface area contributed by atoms with Gasteiger partial charge in [0, 0.05) is 6.54 Å². The van der Waals surface area contributed by atoms with Crippen molar-refractivity contribution in [2.75, 3.05) is 5.32 Å². The first-order chi connectivity index (χ1) is 8.56. The van der Waals surface area contributed by atoms with E-state index in [1.165, 1.54) is 0 Å². The smallest absolute Gasteiger partial charge is 0.134 e. The van der Waals surface area contributed by atoms with Gasteiger partial charge in [0.05, 0.1) is 16.9 Å². The number of rotatable bonds is 3. The summed E-state index contributed by atoms with van der Waals surface area (Å²) < 4.78 is 0. The normalized spacial score (nSPS) is 10.4. The Morgan fingerprint density at radius 1 is 1.28 bits per heavy atom. The number of phenols is 1. The summed E-state index contributed by atoms with van der Waals surface area (Å²) in [4.78, 5) is 4.06. The quantitative estimate of drug-likeness (QED) is 0.836. The number of pyridine rings is 1. The topological polar surface area (TPSA) is 45.1 Å². The number of hydrogen-bond donors (Lipinski definition) is 2. The average molecular weight is 283 g/mol. The zero-order valence-corrected chi connectivity index (χ0v) is 11.3. The van der Waals surface area contributed by atoms with E-state index in [9.17, 15) is 5.11 Å². The molecule has 0 bridgehead atoms. The second-order valence-corrected chi connectivity index (χ2v) is 4.74. The third-order valence-electron chi connectivity index (χ3n) is 2.52. The van der Waals surface area contributed by atoms with Crippen LogP contribution in [0.2, 0.25) is 10.2 Å². The number of hydrogen-bond acceptors (Lipinski definition) is 3. The van der Waals surface area contributed by atoms with Crippen molar-refractivity contribution < 1.29 is 5.11 Å². The molecule has 1 heterocycles. The molecule has 0 fully saturated rings.